The Morgan fingerprint density at radius 1 is 1.25 bits per heavy atom. The van der Waals surface area contributed by atoms with Crippen molar-refractivity contribution in [3.8, 4) is 0 Å². The molecule has 0 aromatic heterocycles. The van der Waals surface area contributed by atoms with E-state index in [4.69, 9.17) is 23.2 Å². The number of rotatable bonds is 3. The third-order valence-electron chi connectivity index (χ3n) is 3.45. The van der Waals surface area contributed by atoms with Gasteiger partial charge in [0.15, 0.2) is 0 Å². The van der Waals surface area contributed by atoms with E-state index in [1.54, 1.807) is 0 Å². The first kappa shape index (κ1) is 15.8. The molecule has 110 valence electrons. The molecule has 0 bridgehead atoms. The molecule has 1 unspecified atom stereocenters. The van der Waals surface area contributed by atoms with Crippen molar-refractivity contribution in [1.29, 1.82) is 0 Å². The van der Waals surface area contributed by atoms with Crippen molar-refractivity contribution in [3.63, 3.8) is 0 Å². The molecular formula is C13H15Cl2NO3S. The van der Waals surface area contributed by atoms with Gasteiger partial charge < -0.3 is 0 Å². The van der Waals surface area contributed by atoms with E-state index in [9.17, 15) is 13.2 Å². The van der Waals surface area contributed by atoms with Gasteiger partial charge in [-0.2, -0.15) is 4.31 Å². The molecule has 1 aromatic carbocycles. The minimum absolute atomic E-state index is 0.0687. The Bertz CT molecular complexity index is 610. The zero-order valence-corrected chi connectivity index (χ0v) is 13.3. The van der Waals surface area contributed by atoms with Crippen LogP contribution in [0, 0.1) is 5.92 Å². The van der Waals surface area contributed by atoms with Crippen LogP contribution in [0.4, 0.5) is 0 Å². The zero-order valence-electron chi connectivity index (χ0n) is 11.0. The van der Waals surface area contributed by atoms with E-state index in [2.05, 4.69) is 0 Å². The second-order valence-corrected chi connectivity index (χ2v) is 7.60. The Hall–Kier alpha value is -0.620. The molecule has 0 saturated carbocycles. The number of piperidine rings is 1. The first-order valence-electron chi connectivity index (χ1n) is 6.33. The highest BCUT2D eigenvalue weighted by Crippen LogP contribution is 2.27. The van der Waals surface area contributed by atoms with E-state index < -0.39 is 10.0 Å². The van der Waals surface area contributed by atoms with Gasteiger partial charge in [0.2, 0.25) is 10.0 Å². The summed E-state index contributed by atoms with van der Waals surface area (Å²) in [5.74, 6) is -0.101. The van der Waals surface area contributed by atoms with Crippen molar-refractivity contribution in [2.45, 2.75) is 24.7 Å². The molecule has 4 nitrogen and oxygen atoms in total. The van der Waals surface area contributed by atoms with Crippen LogP contribution < -0.4 is 0 Å². The normalized spacial score (nSPS) is 21.1. The molecule has 0 radical (unpaired) electrons. The highest BCUT2D eigenvalue weighted by Gasteiger charge is 2.33. The molecule has 0 aliphatic carbocycles. The van der Waals surface area contributed by atoms with Crippen LogP contribution in [-0.2, 0) is 14.8 Å². The molecule has 2 rings (SSSR count). The number of benzene rings is 1. The van der Waals surface area contributed by atoms with Crippen LogP contribution in [0.25, 0.3) is 0 Å². The SMILES string of the molecule is CCC1CN(S(=O)(=O)c2cc(Cl)cc(Cl)c2)CCC1=O. The lowest BCUT2D eigenvalue weighted by Gasteiger charge is -2.30. The van der Waals surface area contributed by atoms with Gasteiger partial charge >= 0.3 is 0 Å². The molecule has 20 heavy (non-hydrogen) atoms. The predicted octanol–water partition coefficient (Wildman–Crippen LogP) is 2.98. The molecule has 1 aliphatic heterocycles. The Kier molecular flexibility index (Phi) is 4.74. The van der Waals surface area contributed by atoms with Crippen molar-refractivity contribution >= 4 is 39.0 Å². The summed E-state index contributed by atoms with van der Waals surface area (Å²) in [5.41, 5.74) is 0. The largest absolute Gasteiger partial charge is 0.299 e. The number of carbonyl (C=O) groups is 1. The maximum atomic E-state index is 12.6. The summed E-state index contributed by atoms with van der Waals surface area (Å²) in [5, 5.41) is 0.549. The summed E-state index contributed by atoms with van der Waals surface area (Å²) in [6.07, 6.45) is 0.896. The first-order valence-corrected chi connectivity index (χ1v) is 8.53. The fourth-order valence-electron chi connectivity index (χ4n) is 2.28. The monoisotopic (exact) mass is 335 g/mol. The van der Waals surface area contributed by atoms with Crippen LogP contribution in [0.15, 0.2) is 23.1 Å². The Morgan fingerprint density at radius 2 is 1.85 bits per heavy atom. The molecule has 1 aromatic rings. The zero-order chi connectivity index (χ0) is 14.9. The van der Waals surface area contributed by atoms with Crippen LogP contribution in [0.1, 0.15) is 19.8 Å². The van der Waals surface area contributed by atoms with Crippen LogP contribution in [0.5, 0.6) is 0 Å². The van der Waals surface area contributed by atoms with Gasteiger partial charge in [-0.15, -0.1) is 0 Å². The molecule has 1 saturated heterocycles. The van der Waals surface area contributed by atoms with Gasteiger partial charge in [0.1, 0.15) is 5.78 Å². The minimum atomic E-state index is -3.66. The maximum absolute atomic E-state index is 12.6. The van der Waals surface area contributed by atoms with Crippen molar-refractivity contribution < 1.29 is 13.2 Å². The van der Waals surface area contributed by atoms with Crippen LogP contribution >= 0.6 is 23.2 Å². The average molecular weight is 336 g/mol. The van der Waals surface area contributed by atoms with E-state index in [0.29, 0.717) is 6.42 Å². The van der Waals surface area contributed by atoms with Crippen molar-refractivity contribution in [3.05, 3.63) is 28.2 Å². The summed E-state index contributed by atoms with van der Waals surface area (Å²) in [6.45, 7) is 2.32. The molecule has 1 aliphatic rings. The Morgan fingerprint density at radius 3 is 2.40 bits per heavy atom. The summed E-state index contributed by atoms with van der Waals surface area (Å²) in [4.78, 5) is 11.7. The van der Waals surface area contributed by atoms with Crippen LogP contribution in [0.2, 0.25) is 10.0 Å². The summed E-state index contributed by atoms with van der Waals surface area (Å²) >= 11 is 11.7. The van der Waals surface area contributed by atoms with Crippen LogP contribution in [-0.4, -0.2) is 31.6 Å². The van der Waals surface area contributed by atoms with Crippen molar-refractivity contribution in [1.82, 2.24) is 4.31 Å². The Labute approximate surface area is 128 Å². The van der Waals surface area contributed by atoms with Gasteiger partial charge in [-0.05, 0) is 24.6 Å². The van der Waals surface area contributed by atoms with E-state index in [-0.39, 0.29) is 46.2 Å². The van der Waals surface area contributed by atoms with Crippen molar-refractivity contribution in [2.24, 2.45) is 5.92 Å². The first-order chi connectivity index (χ1) is 9.34. The molecule has 0 N–H and O–H groups in total. The Balaban J connectivity index is 2.33. The number of hydrogen-bond donors (Lipinski definition) is 0. The van der Waals surface area contributed by atoms with E-state index >= 15 is 0 Å². The molecule has 0 spiro atoms. The highest BCUT2D eigenvalue weighted by atomic mass is 35.5. The van der Waals surface area contributed by atoms with Gasteiger partial charge in [0.05, 0.1) is 4.90 Å². The second kappa shape index (κ2) is 6.02. The smallest absolute Gasteiger partial charge is 0.243 e. The maximum Gasteiger partial charge on any atom is 0.243 e. The third-order valence-corrected chi connectivity index (χ3v) is 5.73. The van der Waals surface area contributed by atoms with E-state index in [1.165, 1.54) is 22.5 Å². The number of sulfonamides is 1. The summed E-state index contributed by atoms with van der Waals surface area (Å²) in [7, 11) is -3.66. The molecular weight excluding hydrogens is 321 g/mol. The molecule has 1 fully saturated rings. The van der Waals surface area contributed by atoms with Gasteiger partial charge in [0.25, 0.3) is 0 Å². The number of carbonyl (C=O) groups excluding carboxylic acids is 1. The second-order valence-electron chi connectivity index (χ2n) is 4.79. The topological polar surface area (TPSA) is 54.5 Å². The fourth-order valence-corrected chi connectivity index (χ4v) is 4.49. The van der Waals surface area contributed by atoms with E-state index in [1.807, 2.05) is 6.92 Å². The van der Waals surface area contributed by atoms with Gasteiger partial charge in [-0.1, -0.05) is 30.1 Å². The minimum Gasteiger partial charge on any atom is -0.299 e. The van der Waals surface area contributed by atoms with Crippen molar-refractivity contribution in [2.75, 3.05) is 13.1 Å². The number of Topliss-reactive ketones (excluding diaryl/α,β-unsaturated/α-hetero) is 1. The fraction of sp³-hybridized carbons (Fsp3) is 0.462. The number of hydrogen-bond acceptors (Lipinski definition) is 3. The molecule has 0 amide bonds. The molecule has 1 atom stereocenters. The van der Waals surface area contributed by atoms with E-state index in [0.717, 1.165) is 0 Å². The summed E-state index contributed by atoms with van der Waals surface area (Å²) < 4.78 is 26.5. The lowest BCUT2D eigenvalue weighted by Crippen LogP contribution is -2.43. The van der Waals surface area contributed by atoms with Gasteiger partial charge in [0, 0.05) is 35.5 Å². The average Bonchev–Trinajstić information content (AvgIpc) is 2.37. The third kappa shape index (κ3) is 3.17. The molecule has 7 heteroatoms. The molecule has 1 heterocycles. The number of nitrogens with zero attached hydrogens (tertiary/aromatic N) is 1. The summed E-state index contributed by atoms with van der Waals surface area (Å²) in [6, 6.07) is 4.23. The van der Waals surface area contributed by atoms with Gasteiger partial charge in [-0.3, -0.25) is 4.79 Å². The standard InChI is InChI=1S/C13H15Cl2NO3S/c1-2-9-8-16(4-3-13(9)17)20(18,19)12-6-10(14)5-11(15)7-12/h5-7,9H,2-4,8H2,1H3. The lowest BCUT2D eigenvalue weighted by molar-refractivity contribution is -0.125. The quantitative estimate of drug-likeness (QED) is 0.853. The predicted molar refractivity (Wildman–Crippen MR) is 78.6 cm³/mol. The highest BCUT2D eigenvalue weighted by molar-refractivity contribution is 7.89. The number of halogens is 2. The number of ketones is 1. The van der Waals surface area contributed by atoms with Gasteiger partial charge in [-0.25, -0.2) is 8.42 Å². The van der Waals surface area contributed by atoms with Crippen LogP contribution in [0.3, 0.4) is 0 Å². The lowest BCUT2D eigenvalue weighted by atomic mass is 9.96.